The summed E-state index contributed by atoms with van der Waals surface area (Å²) < 4.78 is 26.4. The average Bonchev–Trinajstić information content (AvgIpc) is 3.09. The van der Waals surface area contributed by atoms with E-state index in [2.05, 4.69) is 31.6 Å². The van der Waals surface area contributed by atoms with Crippen LogP contribution in [0.5, 0.6) is 0 Å². The first-order chi connectivity index (χ1) is 12.5. The molecule has 0 aliphatic heterocycles. The number of fused-ring (bicyclic) bond motifs is 1. The van der Waals surface area contributed by atoms with Gasteiger partial charge in [0.1, 0.15) is 5.52 Å². The van der Waals surface area contributed by atoms with Gasteiger partial charge in [0.25, 0.3) is 0 Å². The van der Waals surface area contributed by atoms with Gasteiger partial charge in [-0.2, -0.15) is 0 Å². The van der Waals surface area contributed by atoms with Crippen LogP contribution in [0.4, 0.5) is 0 Å². The maximum absolute atomic E-state index is 13.2. The van der Waals surface area contributed by atoms with Gasteiger partial charge in [0.05, 0.1) is 17.1 Å². The third-order valence-corrected chi connectivity index (χ3v) is 5.59. The van der Waals surface area contributed by atoms with Crippen molar-refractivity contribution >= 4 is 21.0 Å². The van der Waals surface area contributed by atoms with Crippen LogP contribution in [-0.4, -0.2) is 23.4 Å². The number of sulfone groups is 1. The lowest BCUT2D eigenvalue weighted by Crippen LogP contribution is -2.10. The van der Waals surface area contributed by atoms with Crippen LogP contribution in [0.15, 0.2) is 64.3 Å². The molecule has 1 N–H and O–H groups in total. The summed E-state index contributed by atoms with van der Waals surface area (Å²) in [7, 11) is -3.95. The lowest BCUT2D eigenvalue weighted by molar-refractivity contribution is 0.588. The van der Waals surface area contributed by atoms with E-state index in [0.717, 1.165) is 5.56 Å². The van der Waals surface area contributed by atoms with Crippen molar-refractivity contribution < 1.29 is 8.42 Å². The molecule has 0 spiro atoms. The van der Waals surface area contributed by atoms with E-state index in [1.807, 2.05) is 0 Å². The van der Waals surface area contributed by atoms with Gasteiger partial charge in [-0.3, -0.25) is 0 Å². The van der Waals surface area contributed by atoms with Gasteiger partial charge in [0.2, 0.25) is 9.84 Å². The van der Waals surface area contributed by atoms with Crippen molar-refractivity contribution in [2.45, 2.75) is 29.3 Å². The molecule has 26 heavy (non-hydrogen) atoms. The number of aromatic amines is 1. The third-order valence-electron chi connectivity index (χ3n) is 3.91. The number of aromatic nitrogens is 3. The summed E-state index contributed by atoms with van der Waals surface area (Å²) in [6.45, 7) is 5.44. The fraction of sp³-hybridized carbons (Fsp3) is 0.176. The average molecular weight is 368 g/mol. The van der Waals surface area contributed by atoms with Crippen LogP contribution < -0.4 is 0 Å². The number of nitrogens with zero attached hydrogens (tertiary/aromatic N) is 5. The van der Waals surface area contributed by atoms with Crippen molar-refractivity contribution in [3.63, 3.8) is 0 Å². The van der Waals surface area contributed by atoms with Crippen molar-refractivity contribution in [1.29, 1.82) is 0 Å². The minimum atomic E-state index is -3.95. The fourth-order valence-corrected chi connectivity index (χ4v) is 4.15. The van der Waals surface area contributed by atoms with Gasteiger partial charge in [-0.1, -0.05) is 23.3 Å². The zero-order valence-electron chi connectivity index (χ0n) is 14.0. The number of H-pyrrole nitrogens is 1. The summed E-state index contributed by atoms with van der Waals surface area (Å²) in [4.78, 5) is 14.1. The quantitative estimate of drug-likeness (QED) is 0.305. The Morgan fingerprint density at radius 2 is 2.23 bits per heavy atom. The summed E-state index contributed by atoms with van der Waals surface area (Å²) in [5, 5.41) is 3.57. The molecule has 2 heterocycles. The second-order valence-electron chi connectivity index (χ2n) is 5.71. The molecule has 0 aliphatic carbocycles. The maximum atomic E-state index is 13.2. The van der Waals surface area contributed by atoms with Gasteiger partial charge in [-0.25, -0.2) is 18.4 Å². The summed E-state index contributed by atoms with van der Waals surface area (Å²) >= 11 is 0. The van der Waals surface area contributed by atoms with Gasteiger partial charge < -0.3 is 4.98 Å². The van der Waals surface area contributed by atoms with Crippen LogP contribution in [0.2, 0.25) is 0 Å². The number of hydrogen-bond donors (Lipinski definition) is 1. The van der Waals surface area contributed by atoms with Gasteiger partial charge >= 0.3 is 0 Å². The molecule has 0 bridgehead atoms. The van der Waals surface area contributed by atoms with Crippen molar-refractivity contribution in [3.8, 4) is 0 Å². The monoisotopic (exact) mass is 368 g/mol. The Kier molecular flexibility index (Phi) is 4.75. The highest BCUT2D eigenvalue weighted by molar-refractivity contribution is 7.91. The highest BCUT2D eigenvalue weighted by atomic mass is 32.2. The van der Waals surface area contributed by atoms with Crippen molar-refractivity contribution in [1.82, 2.24) is 15.0 Å². The molecule has 132 valence electrons. The number of rotatable bonds is 6. The molecule has 0 fully saturated rings. The van der Waals surface area contributed by atoms with Crippen LogP contribution in [0.1, 0.15) is 23.6 Å². The van der Waals surface area contributed by atoms with Gasteiger partial charge in [0.15, 0.2) is 10.7 Å². The third kappa shape index (κ3) is 3.17. The van der Waals surface area contributed by atoms with Crippen LogP contribution in [-0.2, 0) is 9.84 Å². The first-order valence-electron chi connectivity index (χ1n) is 7.78. The summed E-state index contributed by atoms with van der Waals surface area (Å²) in [6, 6.07) is 5.97. The topological polar surface area (TPSA) is 124 Å². The molecule has 1 aromatic carbocycles. The van der Waals surface area contributed by atoms with E-state index in [1.54, 1.807) is 43.5 Å². The van der Waals surface area contributed by atoms with E-state index < -0.39 is 15.9 Å². The largest absolute Gasteiger partial charge is 0.345 e. The molecule has 1 atom stereocenters. The second kappa shape index (κ2) is 6.99. The molecule has 2 aromatic heterocycles. The molecule has 1 unspecified atom stereocenters. The standard InChI is InChI=1S/C17H16N6O2S/c1-3-4-13(22-23-18)12-6-5-11(2)9-15(12)26(24,25)16-10-20-17-14(21-16)7-8-19-17/h3,5-10,13H,1,4H2,2H3,(H,19,20). The second-order valence-corrected chi connectivity index (χ2v) is 7.57. The summed E-state index contributed by atoms with van der Waals surface area (Å²) in [5.41, 5.74) is 11.0. The molecular formula is C17H16N6O2S. The zero-order chi connectivity index (χ0) is 18.7. The Labute approximate surface area is 150 Å². The molecular weight excluding hydrogens is 352 g/mol. The first-order valence-corrected chi connectivity index (χ1v) is 9.26. The number of azide groups is 1. The summed E-state index contributed by atoms with van der Waals surface area (Å²) in [6.07, 6.45) is 4.76. The number of benzene rings is 1. The summed E-state index contributed by atoms with van der Waals surface area (Å²) in [5.74, 6) is 0. The molecule has 0 amide bonds. The Morgan fingerprint density at radius 1 is 1.42 bits per heavy atom. The normalized spacial score (nSPS) is 12.5. The van der Waals surface area contributed by atoms with Crippen LogP contribution in [0, 0.1) is 6.92 Å². The Bertz CT molecular complexity index is 1130. The molecule has 0 saturated heterocycles. The number of aryl methyl sites for hydroxylation is 1. The predicted octanol–water partition coefficient (Wildman–Crippen LogP) is 4.03. The minimum Gasteiger partial charge on any atom is -0.345 e. The van der Waals surface area contributed by atoms with Crippen LogP contribution in [0.25, 0.3) is 21.6 Å². The Balaban J connectivity index is 2.21. The minimum absolute atomic E-state index is 0.0564. The molecule has 8 nitrogen and oxygen atoms in total. The van der Waals surface area contributed by atoms with Crippen molar-refractivity contribution in [2.24, 2.45) is 5.11 Å². The highest BCUT2D eigenvalue weighted by Gasteiger charge is 2.26. The molecule has 0 saturated carbocycles. The smallest absolute Gasteiger partial charge is 0.225 e. The van der Waals surface area contributed by atoms with E-state index in [1.165, 1.54) is 6.20 Å². The lowest BCUT2D eigenvalue weighted by atomic mass is 10.0. The molecule has 0 radical (unpaired) electrons. The molecule has 3 aromatic rings. The van der Waals surface area contributed by atoms with E-state index in [9.17, 15) is 8.42 Å². The van der Waals surface area contributed by atoms with Crippen LogP contribution >= 0.6 is 0 Å². The number of nitrogens with one attached hydrogen (secondary N) is 1. The van der Waals surface area contributed by atoms with E-state index in [4.69, 9.17) is 5.53 Å². The Morgan fingerprint density at radius 3 is 2.96 bits per heavy atom. The van der Waals surface area contributed by atoms with Crippen LogP contribution in [0.3, 0.4) is 0 Å². The lowest BCUT2D eigenvalue weighted by Gasteiger charge is -2.15. The van der Waals surface area contributed by atoms with Gasteiger partial charge in [-0.15, -0.1) is 6.58 Å². The Hall–Kier alpha value is -3.16. The maximum Gasteiger partial charge on any atom is 0.225 e. The molecule has 0 aliphatic rings. The van der Waals surface area contributed by atoms with E-state index in [0.29, 0.717) is 23.1 Å². The van der Waals surface area contributed by atoms with Gasteiger partial charge in [-0.05, 0) is 42.1 Å². The van der Waals surface area contributed by atoms with Crippen molar-refractivity contribution in [2.75, 3.05) is 0 Å². The predicted molar refractivity (Wildman–Crippen MR) is 97.2 cm³/mol. The van der Waals surface area contributed by atoms with Crippen molar-refractivity contribution in [3.05, 3.63) is 70.9 Å². The zero-order valence-corrected chi connectivity index (χ0v) is 14.8. The fourth-order valence-electron chi connectivity index (χ4n) is 2.66. The number of hydrogen-bond acceptors (Lipinski definition) is 5. The van der Waals surface area contributed by atoms with E-state index >= 15 is 0 Å². The molecule has 9 heteroatoms. The van der Waals surface area contributed by atoms with E-state index in [-0.39, 0.29) is 9.92 Å². The first kappa shape index (κ1) is 17.7. The highest BCUT2D eigenvalue weighted by Crippen LogP contribution is 2.32. The molecule has 3 rings (SSSR count). The SMILES string of the molecule is C=CCC(N=[N+]=[N-])c1ccc(C)cc1S(=O)(=O)c1cnc2[nH]ccc2n1. The van der Waals surface area contributed by atoms with Gasteiger partial charge in [0, 0.05) is 11.1 Å².